The number of rotatable bonds is 9. The van der Waals surface area contributed by atoms with Crippen molar-refractivity contribution >= 4 is 43.9 Å². The van der Waals surface area contributed by atoms with E-state index in [-0.39, 0.29) is 5.56 Å². The van der Waals surface area contributed by atoms with Crippen LogP contribution < -0.4 is 10.9 Å². The van der Waals surface area contributed by atoms with Crippen LogP contribution >= 0.6 is 0 Å². The summed E-state index contributed by atoms with van der Waals surface area (Å²) < 4.78 is 1.80. The van der Waals surface area contributed by atoms with Crippen molar-refractivity contribution < 1.29 is 0 Å². The number of hydrogen-bond acceptors (Lipinski definition) is 4. The van der Waals surface area contributed by atoms with Crippen molar-refractivity contribution in [1.29, 1.82) is 5.26 Å². The summed E-state index contributed by atoms with van der Waals surface area (Å²) in [6, 6.07) is 35.7. The zero-order chi connectivity index (χ0) is 36.1. The molecule has 8 rings (SSSR count). The summed E-state index contributed by atoms with van der Waals surface area (Å²) in [7, 11) is 0. The molecular weight excluding hydrogens is 637 g/mol. The van der Waals surface area contributed by atoms with Gasteiger partial charge in [0.05, 0.1) is 22.7 Å². The lowest BCUT2D eigenvalue weighted by Gasteiger charge is -2.15. The quantitative estimate of drug-likeness (QED) is 0.154. The lowest BCUT2D eigenvalue weighted by atomic mass is 9.89. The summed E-state index contributed by atoms with van der Waals surface area (Å²) in [6.07, 6.45) is 4.85. The molecule has 0 spiro atoms. The lowest BCUT2D eigenvalue weighted by molar-refractivity contribution is 0.685. The molecule has 256 valence electrons. The van der Waals surface area contributed by atoms with Gasteiger partial charge >= 0.3 is 0 Å². The van der Waals surface area contributed by atoms with Gasteiger partial charge in [-0.3, -0.25) is 9.20 Å². The van der Waals surface area contributed by atoms with E-state index in [1.54, 1.807) is 4.40 Å². The summed E-state index contributed by atoms with van der Waals surface area (Å²) in [5.41, 5.74) is 14.6. The van der Waals surface area contributed by atoms with Crippen molar-refractivity contribution in [2.24, 2.45) is 0 Å². The molecule has 5 nitrogen and oxygen atoms in total. The van der Waals surface area contributed by atoms with Crippen molar-refractivity contribution in [2.75, 3.05) is 11.9 Å². The summed E-state index contributed by atoms with van der Waals surface area (Å²) in [5.74, 6) is 0. The molecule has 5 heteroatoms. The Hall–Kier alpha value is -5.99. The van der Waals surface area contributed by atoms with Crippen molar-refractivity contribution in [2.45, 2.75) is 60.3 Å². The first kappa shape index (κ1) is 33.2. The monoisotopic (exact) mass is 678 g/mol. The van der Waals surface area contributed by atoms with Gasteiger partial charge in [0.2, 0.25) is 0 Å². The Labute approximate surface area is 304 Å². The molecule has 0 aliphatic carbocycles. The van der Waals surface area contributed by atoms with E-state index in [9.17, 15) is 10.1 Å². The second kappa shape index (κ2) is 13.3. The van der Waals surface area contributed by atoms with Crippen molar-refractivity contribution in [3.63, 3.8) is 0 Å². The predicted octanol–water partition coefficient (Wildman–Crippen LogP) is 11.7. The van der Waals surface area contributed by atoms with Crippen LogP contribution in [-0.2, 0) is 0 Å². The molecule has 2 aromatic heterocycles. The molecular formula is C47H42N4O. The number of aromatic nitrogens is 2. The standard InChI is InChI=1S/C47H42N4O/c1-6-7-8-9-24-49-35-19-16-32(17-20-35)36-22-23-38-44-37(21-18-33(27-48)43(36)44)46-50-45-39(42-30(4)14-11-15-31(42)5)25-34(26-40(45)51(46)47(38)52)41-28(2)12-10-13-29(41)3/h10-23,25-26,49H,6-9,24H2,1-5H3. The third kappa shape index (κ3) is 5.38. The number of nitriles is 1. The molecule has 8 aromatic rings. The van der Waals surface area contributed by atoms with E-state index >= 15 is 0 Å². The van der Waals surface area contributed by atoms with Crippen LogP contribution in [0.1, 0.15) is 60.4 Å². The van der Waals surface area contributed by atoms with Gasteiger partial charge in [-0.05, 0) is 127 Å². The Morgan fingerprint density at radius 3 is 2.04 bits per heavy atom. The summed E-state index contributed by atoms with van der Waals surface area (Å²) in [5, 5.41) is 16.9. The molecule has 0 fully saturated rings. The number of anilines is 1. The molecule has 0 aliphatic heterocycles. The van der Waals surface area contributed by atoms with E-state index in [1.165, 1.54) is 36.0 Å². The Kier molecular flexibility index (Phi) is 8.47. The highest BCUT2D eigenvalue weighted by Gasteiger charge is 2.23. The predicted molar refractivity (Wildman–Crippen MR) is 218 cm³/mol. The Morgan fingerprint density at radius 2 is 1.37 bits per heavy atom. The topological polar surface area (TPSA) is 70.2 Å². The fraction of sp³-hybridized carbons (Fsp3) is 0.213. The molecule has 0 atom stereocenters. The Bertz CT molecular complexity index is 2730. The van der Waals surface area contributed by atoms with Gasteiger partial charge in [-0.15, -0.1) is 0 Å². The van der Waals surface area contributed by atoms with Gasteiger partial charge in [0.15, 0.2) is 0 Å². The lowest BCUT2D eigenvalue weighted by Crippen LogP contribution is -2.13. The van der Waals surface area contributed by atoms with Crippen LogP contribution in [0.25, 0.3) is 71.6 Å². The molecule has 0 saturated heterocycles. The number of imidazole rings is 1. The molecule has 0 bridgehead atoms. The molecule has 0 amide bonds. The number of fused-ring (bicyclic) bond motifs is 4. The van der Waals surface area contributed by atoms with Crippen molar-refractivity contribution in [3.8, 4) is 39.4 Å². The fourth-order valence-corrected chi connectivity index (χ4v) is 8.27. The zero-order valence-electron chi connectivity index (χ0n) is 30.5. The number of nitrogens with zero attached hydrogens (tertiary/aromatic N) is 3. The van der Waals surface area contributed by atoms with Crippen LogP contribution in [0.2, 0.25) is 0 Å². The number of hydrogen-bond donors (Lipinski definition) is 1. The minimum Gasteiger partial charge on any atom is -0.385 e. The molecule has 1 N–H and O–H groups in total. The van der Waals surface area contributed by atoms with Gasteiger partial charge in [-0.2, -0.15) is 5.26 Å². The number of unbranched alkanes of at least 4 members (excludes halogenated alkanes) is 3. The minimum atomic E-state index is -0.134. The van der Waals surface area contributed by atoms with Crippen LogP contribution in [0.5, 0.6) is 0 Å². The third-order valence-electron chi connectivity index (χ3n) is 10.8. The maximum absolute atomic E-state index is 14.8. The minimum absolute atomic E-state index is 0.134. The van der Waals surface area contributed by atoms with Gasteiger partial charge < -0.3 is 5.32 Å². The summed E-state index contributed by atoms with van der Waals surface area (Å²) in [6.45, 7) is 11.7. The van der Waals surface area contributed by atoms with Gasteiger partial charge in [0, 0.05) is 39.3 Å². The van der Waals surface area contributed by atoms with E-state index in [0.29, 0.717) is 16.6 Å². The van der Waals surface area contributed by atoms with Crippen LogP contribution in [0.3, 0.4) is 0 Å². The van der Waals surface area contributed by atoms with Gasteiger partial charge in [-0.1, -0.05) is 80.8 Å². The number of pyridine rings is 1. The smallest absolute Gasteiger partial charge is 0.264 e. The molecule has 52 heavy (non-hydrogen) atoms. The number of benzene rings is 6. The largest absolute Gasteiger partial charge is 0.385 e. The molecule has 0 radical (unpaired) electrons. The first-order valence-corrected chi connectivity index (χ1v) is 18.4. The summed E-state index contributed by atoms with van der Waals surface area (Å²) >= 11 is 0. The highest BCUT2D eigenvalue weighted by atomic mass is 16.1. The van der Waals surface area contributed by atoms with E-state index < -0.39 is 0 Å². The van der Waals surface area contributed by atoms with Crippen LogP contribution in [0, 0.1) is 39.0 Å². The Balaban J connectivity index is 1.39. The Morgan fingerprint density at radius 1 is 0.692 bits per heavy atom. The number of aryl methyl sites for hydroxylation is 4. The van der Waals surface area contributed by atoms with E-state index in [1.807, 2.05) is 24.3 Å². The highest BCUT2D eigenvalue weighted by Crippen LogP contribution is 2.42. The molecule has 6 aromatic carbocycles. The third-order valence-corrected chi connectivity index (χ3v) is 10.8. The molecule has 0 saturated carbocycles. The van der Waals surface area contributed by atoms with Crippen molar-refractivity contribution in [1.82, 2.24) is 9.38 Å². The molecule has 0 unspecified atom stereocenters. The zero-order valence-corrected chi connectivity index (χ0v) is 30.5. The van der Waals surface area contributed by atoms with Crippen LogP contribution in [0.4, 0.5) is 5.69 Å². The fourth-order valence-electron chi connectivity index (χ4n) is 8.27. The first-order chi connectivity index (χ1) is 25.3. The van der Waals surface area contributed by atoms with Crippen LogP contribution in [-0.4, -0.2) is 15.9 Å². The SMILES string of the molecule is CCCCCCNc1ccc(-c2ccc3c(=O)n4c5cc(-c6c(C)cccc6C)cc(-c6c(C)cccc6C)c5nc4c4ccc(C#N)c2c34)cc1. The van der Waals surface area contributed by atoms with Crippen LogP contribution in [0.15, 0.2) is 102 Å². The van der Waals surface area contributed by atoms with Gasteiger partial charge in [-0.25, -0.2) is 4.98 Å². The van der Waals surface area contributed by atoms with E-state index in [0.717, 1.165) is 84.8 Å². The second-order valence-electron chi connectivity index (χ2n) is 14.2. The maximum atomic E-state index is 14.8. The first-order valence-electron chi connectivity index (χ1n) is 18.4. The van der Waals surface area contributed by atoms with Crippen molar-refractivity contribution in [3.05, 3.63) is 135 Å². The van der Waals surface area contributed by atoms with E-state index in [4.69, 9.17) is 4.98 Å². The molecule has 2 heterocycles. The average Bonchev–Trinajstić information content (AvgIpc) is 3.54. The highest BCUT2D eigenvalue weighted by molar-refractivity contribution is 6.21. The maximum Gasteiger partial charge on any atom is 0.264 e. The normalized spacial score (nSPS) is 11.6. The van der Waals surface area contributed by atoms with Gasteiger partial charge in [0.25, 0.3) is 5.56 Å². The average molecular weight is 679 g/mol. The second-order valence-corrected chi connectivity index (χ2v) is 14.2. The van der Waals surface area contributed by atoms with E-state index in [2.05, 4.69) is 119 Å². The summed E-state index contributed by atoms with van der Waals surface area (Å²) in [4.78, 5) is 20.2. The van der Waals surface area contributed by atoms with Gasteiger partial charge in [0.1, 0.15) is 5.65 Å². The molecule has 0 aliphatic rings. The number of nitrogens with one attached hydrogen (secondary N) is 1.